The van der Waals surface area contributed by atoms with Crippen LogP contribution in [0.25, 0.3) is 0 Å². The fourth-order valence-electron chi connectivity index (χ4n) is 1.88. The first-order valence-electron chi connectivity index (χ1n) is 6.84. The third-order valence-corrected chi connectivity index (χ3v) is 3.07. The van der Waals surface area contributed by atoms with Crippen molar-refractivity contribution in [3.05, 3.63) is 52.6 Å². The molecule has 6 nitrogen and oxygen atoms in total. The Kier molecular flexibility index (Phi) is 10.2. The fourth-order valence-corrected chi connectivity index (χ4v) is 1.88. The molecule has 0 radical (unpaired) electrons. The third kappa shape index (κ3) is 6.88. The van der Waals surface area contributed by atoms with Crippen molar-refractivity contribution in [2.45, 2.75) is 19.4 Å². The van der Waals surface area contributed by atoms with Crippen LogP contribution in [0, 0.1) is 10.1 Å². The highest BCUT2D eigenvalue weighted by Gasteiger charge is 2.06. The van der Waals surface area contributed by atoms with Crippen LogP contribution in [-0.4, -0.2) is 36.4 Å². The number of hydrogen-bond donors (Lipinski definition) is 1. The molecule has 1 aromatic carbocycles. The molecule has 0 spiro atoms. The van der Waals surface area contributed by atoms with E-state index in [2.05, 4.69) is 21.8 Å². The number of nitro groups is 1. The van der Waals surface area contributed by atoms with Crippen LogP contribution in [0.3, 0.4) is 0 Å². The van der Waals surface area contributed by atoms with Crippen LogP contribution in [0.1, 0.15) is 18.4 Å². The minimum atomic E-state index is -0.399. The van der Waals surface area contributed by atoms with Crippen molar-refractivity contribution >= 4 is 35.6 Å². The molecular weight excluding hydrogens is 395 g/mol. The molecule has 1 aromatic rings. The normalized spacial score (nSPS) is 10.5. The molecule has 0 saturated heterocycles. The lowest BCUT2D eigenvalue weighted by Crippen LogP contribution is -2.38. The average Bonchev–Trinajstić information content (AvgIpc) is 2.48. The van der Waals surface area contributed by atoms with Crippen molar-refractivity contribution in [1.82, 2.24) is 10.2 Å². The molecule has 0 bridgehead atoms. The van der Waals surface area contributed by atoms with E-state index in [0.29, 0.717) is 6.54 Å². The predicted octanol–water partition coefficient (Wildman–Crippen LogP) is 3.19. The van der Waals surface area contributed by atoms with E-state index in [1.165, 1.54) is 12.1 Å². The summed E-state index contributed by atoms with van der Waals surface area (Å²) < 4.78 is 0. The summed E-state index contributed by atoms with van der Waals surface area (Å²) in [7, 11) is 3.72. The molecule has 0 amide bonds. The summed E-state index contributed by atoms with van der Waals surface area (Å²) in [6, 6.07) is 6.51. The van der Waals surface area contributed by atoms with Crippen LogP contribution in [0.2, 0.25) is 0 Å². The van der Waals surface area contributed by atoms with Gasteiger partial charge in [-0.3, -0.25) is 15.1 Å². The Labute approximate surface area is 148 Å². The number of unbranched alkanes of at least 4 members (excludes halogenated alkanes) is 1. The summed E-state index contributed by atoms with van der Waals surface area (Å²) >= 11 is 0. The molecule has 0 aliphatic carbocycles. The molecule has 122 valence electrons. The Morgan fingerprint density at radius 1 is 1.45 bits per heavy atom. The number of allylic oxidation sites excluding steroid dienone is 1. The standard InChI is InChI=1S/C15H22N4O2.HI/c1-4-5-6-11-18(3)15(16-2)17-12-13-7-9-14(10-8-13)19(20)21;/h4,7-10H,1,5-6,11-12H2,2-3H3,(H,16,17);1H. The van der Waals surface area contributed by atoms with E-state index in [1.807, 2.05) is 13.1 Å². The molecule has 0 heterocycles. The number of benzene rings is 1. The molecule has 0 aromatic heterocycles. The summed E-state index contributed by atoms with van der Waals surface area (Å²) in [5.74, 6) is 0.803. The fraction of sp³-hybridized carbons (Fsp3) is 0.400. The first-order chi connectivity index (χ1) is 10.1. The molecule has 0 unspecified atom stereocenters. The minimum Gasteiger partial charge on any atom is -0.352 e. The summed E-state index contributed by atoms with van der Waals surface area (Å²) in [6.07, 6.45) is 3.91. The van der Waals surface area contributed by atoms with E-state index in [-0.39, 0.29) is 29.7 Å². The lowest BCUT2D eigenvalue weighted by atomic mass is 10.2. The predicted molar refractivity (Wildman–Crippen MR) is 101 cm³/mol. The topological polar surface area (TPSA) is 70.8 Å². The van der Waals surface area contributed by atoms with Crippen molar-refractivity contribution in [1.29, 1.82) is 0 Å². The molecule has 0 aliphatic heterocycles. The first kappa shape index (κ1) is 20.4. The van der Waals surface area contributed by atoms with Crippen molar-refractivity contribution in [3.8, 4) is 0 Å². The third-order valence-electron chi connectivity index (χ3n) is 3.07. The van der Waals surface area contributed by atoms with Crippen LogP contribution < -0.4 is 5.32 Å². The van der Waals surface area contributed by atoms with Crippen molar-refractivity contribution in [3.63, 3.8) is 0 Å². The number of nitrogens with zero attached hydrogens (tertiary/aromatic N) is 3. The highest BCUT2D eigenvalue weighted by atomic mass is 127. The van der Waals surface area contributed by atoms with Gasteiger partial charge in [0, 0.05) is 39.3 Å². The van der Waals surface area contributed by atoms with Gasteiger partial charge >= 0.3 is 0 Å². The molecule has 7 heteroatoms. The van der Waals surface area contributed by atoms with Gasteiger partial charge in [-0.15, -0.1) is 30.6 Å². The summed E-state index contributed by atoms with van der Waals surface area (Å²) in [4.78, 5) is 16.5. The number of halogens is 1. The first-order valence-corrected chi connectivity index (χ1v) is 6.84. The Hall–Kier alpha value is -1.64. The largest absolute Gasteiger partial charge is 0.352 e. The summed E-state index contributed by atoms with van der Waals surface area (Å²) in [5, 5.41) is 13.8. The Balaban J connectivity index is 0.00000441. The second-order valence-corrected chi connectivity index (χ2v) is 4.68. The van der Waals surface area contributed by atoms with Crippen LogP contribution in [0.5, 0.6) is 0 Å². The molecule has 1 rings (SSSR count). The van der Waals surface area contributed by atoms with Crippen LogP contribution in [0.4, 0.5) is 5.69 Å². The molecule has 22 heavy (non-hydrogen) atoms. The van der Waals surface area contributed by atoms with Gasteiger partial charge in [-0.05, 0) is 18.4 Å². The van der Waals surface area contributed by atoms with Gasteiger partial charge in [0.15, 0.2) is 5.96 Å². The van der Waals surface area contributed by atoms with Gasteiger partial charge in [0.1, 0.15) is 0 Å². The Morgan fingerprint density at radius 3 is 2.59 bits per heavy atom. The maximum Gasteiger partial charge on any atom is 0.269 e. The van der Waals surface area contributed by atoms with Gasteiger partial charge in [0.05, 0.1) is 4.92 Å². The Bertz CT molecular complexity index is 503. The maximum atomic E-state index is 10.6. The second kappa shape index (κ2) is 11.0. The van der Waals surface area contributed by atoms with E-state index in [0.717, 1.165) is 30.9 Å². The molecular formula is C15H23IN4O2. The summed E-state index contributed by atoms with van der Waals surface area (Å²) in [5.41, 5.74) is 1.07. The van der Waals surface area contributed by atoms with E-state index >= 15 is 0 Å². The second-order valence-electron chi connectivity index (χ2n) is 4.68. The van der Waals surface area contributed by atoms with Crippen molar-refractivity contribution in [2.24, 2.45) is 4.99 Å². The number of nitrogens with one attached hydrogen (secondary N) is 1. The van der Waals surface area contributed by atoms with Gasteiger partial charge in [0.25, 0.3) is 5.69 Å². The van der Waals surface area contributed by atoms with Gasteiger partial charge in [0.2, 0.25) is 0 Å². The van der Waals surface area contributed by atoms with E-state index in [9.17, 15) is 10.1 Å². The summed E-state index contributed by atoms with van der Waals surface area (Å²) in [6.45, 7) is 5.18. The number of hydrogen-bond acceptors (Lipinski definition) is 3. The number of guanidine groups is 1. The molecule has 0 atom stereocenters. The smallest absolute Gasteiger partial charge is 0.269 e. The number of rotatable bonds is 7. The molecule has 1 N–H and O–H groups in total. The zero-order valence-electron chi connectivity index (χ0n) is 13.0. The number of non-ortho nitro benzene ring substituents is 1. The van der Waals surface area contributed by atoms with Crippen LogP contribution in [0.15, 0.2) is 41.9 Å². The lowest BCUT2D eigenvalue weighted by Gasteiger charge is -2.21. The van der Waals surface area contributed by atoms with Crippen molar-refractivity contribution in [2.75, 3.05) is 20.6 Å². The lowest BCUT2D eigenvalue weighted by molar-refractivity contribution is -0.384. The highest BCUT2D eigenvalue weighted by Crippen LogP contribution is 2.11. The van der Waals surface area contributed by atoms with Gasteiger partial charge in [-0.2, -0.15) is 0 Å². The number of nitro benzene ring substituents is 1. The molecule has 0 fully saturated rings. The molecule has 0 saturated carbocycles. The minimum absolute atomic E-state index is 0. The zero-order valence-corrected chi connectivity index (χ0v) is 15.3. The Morgan fingerprint density at radius 2 is 2.09 bits per heavy atom. The quantitative estimate of drug-likeness (QED) is 0.140. The van der Waals surface area contributed by atoms with E-state index in [4.69, 9.17) is 0 Å². The van der Waals surface area contributed by atoms with Crippen LogP contribution >= 0.6 is 24.0 Å². The number of aliphatic imine (C=N–C) groups is 1. The van der Waals surface area contributed by atoms with E-state index < -0.39 is 4.92 Å². The van der Waals surface area contributed by atoms with E-state index in [1.54, 1.807) is 19.2 Å². The molecule has 0 aliphatic rings. The zero-order chi connectivity index (χ0) is 15.7. The van der Waals surface area contributed by atoms with Gasteiger partial charge in [-0.1, -0.05) is 18.2 Å². The monoisotopic (exact) mass is 418 g/mol. The average molecular weight is 418 g/mol. The van der Waals surface area contributed by atoms with Gasteiger partial charge < -0.3 is 10.2 Å². The highest BCUT2D eigenvalue weighted by molar-refractivity contribution is 14.0. The maximum absolute atomic E-state index is 10.6. The van der Waals surface area contributed by atoms with Crippen molar-refractivity contribution < 1.29 is 4.92 Å². The SMILES string of the molecule is C=CCCCN(C)C(=NC)NCc1ccc([N+](=O)[O-])cc1.I. The van der Waals surface area contributed by atoms with Gasteiger partial charge in [-0.25, -0.2) is 0 Å². The van der Waals surface area contributed by atoms with Crippen LogP contribution in [-0.2, 0) is 6.54 Å².